The van der Waals surface area contributed by atoms with Crippen molar-refractivity contribution < 1.29 is 14.0 Å². The van der Waals surface area contributed by atoms with Gasteiger partial charge in [-0.3, -0.25) is 9.59 Å². The minimum atomic E-state index is -2.20. The molecule has 2 amide bonds. The number of nitrogens with zero attached hydrogens (tertiary/aromatic N) is 1. The Bertz CT molecular complexity index is 323. The molecule has 84 valence electrons. The average molecular weight is 215 g/mol. The van der Waals surface area contributed by atoms with Crippen LogP contribution in [0.3, 0.4) is 0 Å². The van der Waals surface area contributed by atoms with E-state index in [9.17, 15) is 14.0 Å². The van der Waals surface area contributed by atoms with E-state index < -0.39 is 23.5 Å². The van der Waals surface area contributed by atoms with E-state index >= 15 is 0 Å². The molecule has 0 aliphatic carbocycles. The molecule has 0 bridgehead atoms. The van der Waals surface area contributed by atoms with Gasteiger partial charge in [-0.25, -0.2) is 4.39 Å². The van der Waals surface area contributed by atoms with Crippen molar-refractivity contribution in [1.82, 2.24) is 5.32 Å². The second-order valence-corrected chi connectivity index (χ2v) is 3.51. The number of carbonyl (C=O) groups is 2. The molecular weight excluding hydrogens is 201 g/mol. The van der Waals surface area contributed by atoms with E-state index in [1.165, 1.54) is 0 Å². The van der Waals surface area contributed by atoms with Gasteiger partial charge in [0, 0.05) is 0 Å². The predicted molar refractivity (Wildman–Crippen MR) is 53.0 cm³/mol. The summed E-state index contributed by atoms with van der Waals surface area (Å²) < 4.78 is 12.8. The summed E-state index contributed by atoms with van der Waals surface area (Å²) in [4.78, 5) is 25.5. The Morgan fingerprint density at radius 3 is 2.40 bits per heavy atom. The molecule has 0 saturated heterocycles. The van der Waals surface area contributed by atoms with Crippen molar-refractivity contribution in [1.29, 1.82) is 0 Å². The van der Waals surface area contributed by atoms with E-state index in [2.05, 4.69) is 10.3 Å². The molecule has 0 spiro atoms. The fourth-order valence-electron chi connectivity index (χ4n) is 1.31. The second kappa shape index (κ2) is 4.06. The monoisotopic (exact) mass is 215 g/mol. The summed E-state index contributed by atoms with van der Waals surface area (Å²) in [6.45, 7) is 3.62. The third-order valence-electron chi connectivity index (χ3n) is 2.64. The van der Waals surface area contributed by atoms with Gasteiger partial charge in [0.25, 0.3) is 18.0 Å². The van der Waals surface area contributed by atoms with Gasteiger partial charge in [-0.15, -0.1) is 0 Å². The van der Waals surface area contributed by atoms with Gasteiger partial charge in [0.2, 0.25) is 0 Å². The quantitative estimate of drug-likeness (QED) is 0.644. The predicted octanol–water partition coefficient (Wildman–Crippen LogP) is -0.103. The molecular formula is C9H14FN3O2. The Hall–Kier alpha value is -1.30. The van der Waals surface area contributed by atoms with Crippen LogP contribution in [0.2, 0.25) is 0 Å². The molecule has 0 fully saturated rings. The van der Waals surface area contributed by atoms with Gasteiger partial charge >= 0.3 is 0 Å². The summed E-state index contributed by atoms with van der Waals surface area (Å²) in [5.41, 5.74) is 5.05. The Kier molecular flexibility index (Phi) is 3.18. The maximum Gasteiger partial charge on any atom is 0.291 e. The number of alkyl halides is 1. The van der Waals surface area contributed by atoms with Crippen molar-refractivity contribution in [3.05, 3.63) is 0 Å². The van der Waals surface area contributed by atoms with Crippen LogP contribution in [0.4, 0.5) is 4.39 Å². The number of nitrogens with two attached hydrogens (primary N) is 1. The number of rotatable bonds is 3. The summed E-state index contributed by atoms with van der Waals surface area (Å²) in [5.74, 6) is -2.00. The topological polar surface area (TPSA) is 84.5 Å². The minimum absolute atomic E-state index is 0.0661. The van der Waals surface area contributed by atoms with E-state index in [-0.39, 0.29) is 5.84 Å². The summed E-state index contributed by atoms with van der Waals surface area (Å²) in [5, 5.41) is 2.23. The van der Waals surface area contributed by atoms with E-state index in [1.807, 2.05) is 13.8 Å². The first-order valence-electron chi connectivity index (χ1n) is 4.81. The maximum atomic E-state index is 12.8. The molecule has 15 heavy (non-hydrogen) atoms. The lowest BCUT2D eigenvalue weighted by Crippen LogP contribution is -2.59. The number of amidine groups is 1. The first-order valence-corrected chi connectivity index (χ1v) is 4.81. The Balaban J connectivity index is 3.02. The van der Waals surface area contributed by atoms with Crippen LogP contribution in [0, 0.1) is 0 Å². The van der Waals surface area contributed by atoms with Crippen LogP contribution in [-0.2, 0) is 9.59 Å². The van der Waals surface area contributed by atoms with Gasteiger partial charge in [-0.1, -0.05) is 13.8 Å². The molecule has 5 nitrogen and oxygen atoms in total. The highest BCUT2D eigenvalue weighted by Gasteiger charge is 2.38. The standard InChI is InChI=1S/C9H14FN3O2/c1-3-9(11,4-2)8-12-6(14)5(10)7(15)13-8/h5H,3-4,11H2,1-2H3,(H,12,13,14,15). The third-order valence-corrected chi connectivity index (χ3v) is 2.64. The molecule has 1 aliphatic heterocycles. The fraction of sp³-hybridized carbons (Fsp3) is 0.667. The number of halogens is 1. The van der Waals surface area contributed by atoms with E-state index in [1.54, 1.807) is 0 Å². The van der Waals surface area contributed by atoms with Gasteiger partial charge in [-0.2, -0.15) is 4.99 Å². The summed E-state index contributed by atoms with van der Waals surface area (Å²) >= 11 is 0. The lowest BCUT2D eigenvalue weighted by atomic mass is 9.91. The van der Waals surface area contributed by atoms with Crippen molar-refractivity contribution >= 4 is 17.6 Å². The van der Waals surface area contributed by atoms with Crippen LogP contribution < -0.4 is 11.1 Å². The minimum Gasteiger partial charge on any atom is -0.319 e. The largest absolute Gasteiger partial charge is 0.319 e. The molecule has 0 aromatic heterocycles. The molecule has 1 unspecified atom stereocenters. The zero-order chi connectivity index (χ0) is 11.6. The van der Waals surface area contributed by atoms with Crippen LogP contribution in [0.25, 0.3) is 0 Å². The highest BCUT2D eigenvalue weighted by Crippen LogP contribution is 2.15. The third kappa shape index (κ3) is 2.04. The number of nitrogens with one attached hydrogen (secondary N) is 1. The van der Waals surface area contributed by atoms with Crippen molar-refractivity contribution in [2.75, 3.05) is 0 Å². The maximum absolute atomic E-state index is 12.8. The molecule has 0 aromatic carbocycles. The van der Waals surface area contributed by atoms with Crippen LogP contribution in [0.15, 0.2) is 4.99 Å². The molecule has 1 heterocycles. The lowest BCUT2D eigenvalue weighted by molar-refractivity contribution is -0.134. The number of aliphatic imine (C=N–C) groups is 1. The molecule has 0 radical (unpaired) electrons. The van der Waals surface area contributed by atoms with Crippen LogP contribution in [0.5, 0.6) is 0 Å². The number of carbonyl (C=O) groups excluding carboxylic acids is 2. The number of hydrogen-bond donors (Lipinski definition) is 2. The van der Waals surface area contributed by atoms with E-state index in [0.29, 0.717) is 12.8 Å². The SMILES string of the molecule is CCC(N)(CC)C1=NC(=O)C(F)C(=O)N1. The molecule has 0 aromatic rings. The molecule has 1 atom stereocenters. The highest BCUT2D eigenvalue weighted by atomic mass is 19.1. The van der Waals surface area contributed by atoms with E-state index in [4.69, 9.17) is 5.73 Å². The second-order valence-electron chi connectivity index (χ2n) is 3.51. The summed E-state index contributed by atoms with van der Waals surface area (Å²) in [6, 6.07) is 0. The molecule has 3 N–H and O–H groups in total. The molecule has 1 rings (SSSR count). The highest BCUT2D eigenvalue weighted by molar-refractivity contribution is 6.19. The smallest absolute Gasteiger partial charge is 0.291 e. The van der Waals surface area contributed by atoms with Crippen molar-refractivity contribution in [3.63, 3.8) is 0 Å². The Morgan fingerprint density at radius 2 is 2.00 bits per heavy atom. The first kappa shape index (κ1) is 11.8. The summed E-state index contributed by atoms with van der Waals surface area (Å²) in [6.07, 6.45) is -1.19. The van der Waals surface area contributed by atoms with Crippen LogP contribution in [0.1, 0.15) is 26.7 Å². The Labute approximate surface area is 86.9 Å². The fourth-order valence-corrected chi connectivity index (χ4v) is 1.31. The number of amides is 2. The van der Waals surface area contributed by atoms with Crippen molar-refractivity contribution in [2.24, 2.45) is 10.7 Å². The normalized spacial score (nSPS) is 22.4. The molecule has 6 heteroatoms. The van der Waals surface area contributed by atoms with Crippen molar-refractivity contribution in [3.8, 4) is 0 Å². The van der Waals surface area contributed by atoms with Gasteiger partial charge in [0.05, 0.1) is 5.54 Å². The van der Waals surface area contributed by atoms with Crippen molar-refractivity contribution in [2.45, 2.75) is 38.4 Å². The average Bonchev–Trinajstić information content (AvgIpc) is 2.24. The Morgan fingerprint density at radius 1 is 1.47 bits per heavy atom. The van der Waals surface area contributed by atoms with Gasteiger partial charge in [0.1, 0.15) is 5.84 Å². The van der Waals surface area contributed by atoms with Gasteiger partial charge < -0.3 is 11.1 Å². The van der Waals surface area contributed by atoms with Crippen LogP contribution in [-0.4, -0.2) is 29.4 Å². The zero-order valence-electron chi connectivity index (χ0n) is 8.71. The number of hydrogen-bond acceptors (Lipinski definition) is 3. The first-order chi connectivity index (χ1) is 6.94. The van der Waals surface area contributed by atoms with E-state index in [0.717, 1.165) is 0 Å². The zero-order valence-corrected chi connectivity index (χ0v) is 8.71. The van der Waals surface area contributed by atoms with Gasteiger partial charge in [0.15, 0.2) is 0 Å². The molecule has 0 saturated carbocycles. The molecule has 1 aliphatic rings. The lowest BCUT2D eigenvalue weighted by Gasteiger charge is -2.30. The van der Waals surface area contributed by atoms with Crippen LogP contribution >= 0.6 is 0 Å². The van der Waals surface area contributed by atoms with Gasteiger partial charge in [-0.05, 0) is 12.8 Å². The summed E-state index contributed by atoms with van der Waals surface area (Å²) in [7, 11) is 0.